The summed E-state index contributed by atoms with van der Waals surface area (Å²) in [5, 5.41) is 3.63. The minimum atomic E-state index is -0.405. The summed E-state index contributed by atoms with van der Waals surface area (Å²) in [4.78, 5) is 5.48. The Hall–Kier alpha value is -8.13. The van der Waals surface area contributed by atoms with Crippen molar-refractivity contribution in [2.24, 2.45) is 0 Å². The molecule has 15 rings (SSSR count). The average Bonchev–Trinajstić information content (AvgIpc) is 4.05. The molecule has 0 amide bonds. The van der Waals surface area contributed by atoms with Crippen molar-refractivity contribution in [3.05, 3.63) is 269 Å². The van der Waals surface area contributed by atoms with Crippen molar-refractivity contribution in [3.8, 4) is 66.9 Å². The zero-order chi connectivity index (χ0) is 41.7. The predicted octanol–water partition coefficient (Wildman–Crippen LogP) is 15.4. The number of rotatable bonds is 2. The van der Waals surface area contributed by atoms with Crippen molar-refractivity contribution in [1.29, 1.82) is 0 Å². The van der Waals surface area contributed by atoms with Crippen LogP contribution in [0, 0.1) is 0 Å². The number of hydrogen-bond donors (Lipinski definition) is 0. The molecule has 0 aliphatic heterocycles. The summed E-state index contributed by atoms with van der Waals surface area (Å²) in [6.07, 6.45) is 0. The van der Waals surface area contributed by atoms with Gasteiger partial charge in [0.2, 0.25) is 0 Å². The molecule has 4 aliphatic carbocycles. The molecule has 1 heterocycles. The molecule has 1 heteroatoms. The summed E-state index contributed by atoms with van der Waals surface area (Å²) >= 11 is 0. The number of pyridine rings is 1. The van der Waals surface area contributed by atoms with Gasteiger partial charge in [0.25, 0.3) is 0 Å². The van der Waals surface area contributed by atoms with Crippen LogP contribution in [0.4, 0.5) is 0 Å². The van der Waals surface area contributed by atoms with Crippen molar-refractivity contribution >= 4 is 21.7 Å². The molecule has 0 bridgehead atoms. The molecule has 2 spiro atoms. The average molecular weight is 808 g/mol. The van der Waals surface area contributed by atoms with Crippen LogP contribution in [0.1, 0.15) is 44.5 Å². The van der Waals surface area contributed by atoms with Gasteiger partial charge in [-0.05, 0) is 112 Å². The summed E-state index contributed by atoms with van der Waals surface area (Å²) in [7, 11) is 0. The van der Waals surface area contributed by atoms with Crippen molar-refractivity contribution in [1.82, 2.24) is 4.98 Å². The van der Waals surface area contributed by atoms with Gasteiger partial charge in [-0.1, -0.05) is 212 Å². The van der Waals surface area contributed by atoms with E-state index in [2.05, 4.69) is 224 Å². The Kier molecular flexibility index (Phi) is 6.61. The van der Waals surface area contributed by atoms with Gasteiger partial charge in [0, 0.05) is 21.7 Å². The summed E-state index contributed by atoms with van der Waals surface area (Å²) < 4.78 is 0. The lowest BCUT2D eigenvalue weighted by atomic mass is 9.70. The van der Waals surface area contributed by atoms with Crippen LogP contribution in [0.25, 0.3) is 88.6 Å². The van der Waals surface area contributed by atoms with Crippen LogP contribution in [-0.4, -0.2) is 4.98 Å². The van der Waals surface area contributed by atoms with Gasteiger partial charge in [0.05, 0.1) is 22.0 Å². The molecule has 0 saturated carbocycles. The third-order valence-electron chi connectivity index (χ3n) is 15.3. The molecular formula is C63H37N. The molecular weight excluding hydrogens is 771 g/mol. The number of benzene rings is 10. The lowest BCUT2D eigenvalue weighted by Gasteiger charge is -2.30. The molecule has 0 saturated heterocycles. The van der Waals surface area contributed by atoms with Gasteiger partial charge < -0.3 is 0 Å². The maximum atomic E-state index is 5.48. The van der Waals surface area contributed by atoms with Crippen molar-refractivity contribution in [3.63, 3.8) is 0 Å². The fourth-order valence-corrected chi connectivity index (χ4v) is 12.9. The van der Waals surface area contributed by atoms with E-state index in [0.29, 0.717) is 0 Å². The maximum Gasteiger partial charge on any atom is 0.0788 e. The van der Waals surface area contributed by atoms with E-state index in [0.717, 1.165) is 16.8 Å². The first-order valence-electron chi connectivity index (χ1n) is 22.5. The lowest BCUT2D eigenvalue weighted by Crippen LogP contribution is -2.25. The fraction of sp³-hybridized carbons (Fsp3) is 0.0317. The van der Waals surface area contributed by atoms with Gasteiger partial charge in [-0.2, -0.15) is 0 Å². The maximum absolute atomic E-state index is 5.48. The van der Waals surface area contributed by atoms with Crippen LogP contribution in [-0.2, 0) is 10.8 Å². The highest BCUT2D eigenvalue weighted by molar-refractivity contribution is 6.20. The van der Waals surface area contributed by atoms with E-state index in [9.17, 15) is 0 Å². The third-order valence-corrected chi connectivity index (χ3v) is 15.3. The van der Waals surface area contributed by atoms with E-state index >= 15 is 0 Å². The number of fused-ring (bicyclic) bond motifs is 24. The summed E-state index contributed by atoms with van der Waals surface area (Å²) in [6.45, 7) is 0. The van der Waals surface area contributed by atoms with E-state index in [1.165, 1.54) is 116 Å². The minimum absolute atomic E-state index is 0.372. The molecule has 0 fully saturated rings. The Morgan fingerprint density at radius 3 is 1.22 bits per heavy atom. The molecule has 0 atom stereocenters. The van der Waals surface area contributed by atoms with Crippen molar-refractivity contribution < 1.29 is 0 Å². The topological polar surface area (TPSA) is 12.9 Å². The zero-order valence-corrected chi connectivity index (χ0v) is 34.8. The first-order valence-corrected chi connectivity index (χ1v) is 22.5. The van der Waals surface area contributed by atoms with Crippen LogP contribution in [0.5, 0.6) is 0 Å². The van der Waals surface area contributed by atoms with E-state index in [-0.39, 0.29) is 5.41 Å². The Morgan fingerprint density at radius 1 is 0.266 bits per heavy atom. The van der Waals surface area contributed by atoms with E-state index in [4.69, 9.17) is 4.98 Å². The molecule has 294 valence electrons. The number of aromatic nitrogens is 1. The molecule has 4 aliphatic rings. The third kappa shape index (κ3) is 4.05. The molecule has 0 radical (unpaired) electrons. The Morgan fingerprint density at radius 2 is 0.672 bits per heavy atom. The largest absolute Gasteiger partial charge is 0.247 e. The fourth-order valence-electron chi connectivity index (χ4n) is 12.9. The van der Waals surface area contributed by atoms with E-state index < -0.39 is 5.41 Å². The number of hydrogen-bond acceptors (Lipinski definition) is 1. The molecule has 11 aromatic rings. The standard InChI is InChI=1S/C63H37N/c1-8-22-50-41(15-1)42-16-2-9-23-51(42)62(50)55-27-13-6-20-47(55)60-56(62)36-35-49-59(60)48-21-7-14-28-58(48)64-61(49)39-31-29-38(30-32-39)40-33-34-46-45-19-5-12-26-54(45)63(57(46)37-40)52-24-10-3-17-43(52)44-18-4-11-25-53(44)63/h1-37H. The normalized spacial score (nSPS) is 14.5. The van der Waals surface area contributed by atoms with Crippen molar-refractivity contribution in [2.45, 2.75) is 10.8 Å². The minimum Gasteiger partial charge on any atom is -0.247 e. The van der Waals surface area contributed by atoms with Gasteiger partial charge in [-0.3, -0.25) is 0 Å². The van der Waals surface area contributed by atoms with E-state index in [1.807, 2.05) is 0 Å². The highest BCUT2D eigenvalue weighted by atomic mass is 14.7. The highest BCUT2D eigenvalue weighted by Gasteiger charge is 2.53. The number of para-hydroxylation sites is 1. The van der Waals surface area contributed by atoms with Crippen LogP contribution >= 0.6 is 0 Å². The lowest BCUT2D eigenvalue weighted by molar-refractivity contribution is 0.794. The van der Waals surface area contributed by atoms with Crippen LogP contribution < -0.4 is 0 Å². The van der Waals surface area contributed by atoms with Gasteiger partial charge in [0.1, 0.15) is 0 Å². The molecule has 0 unspecified atom stereocenters. The Labute approximate surface area is 371 Å². The second-order valence-electron chi connectivity index (χ2n) is 18.0. The van der Waals surface area contributed by atoms with Gasteiger partial charge in [-0.25, -0.2) is 4.98 Å². The zero-order valence-electron chi connectivity index (χ0n) is 34.8. The monoisotopic (exact) mass is 807 g/mol. The van der Waals surface area contributed by atoms with Gasteiger partial charge in [0.15, 0.2) is 0 Å². The molecule has 10 aromatic carbocycles. The molecule has 0 N–H and O–H groups in total. The summed E-state index contributed by atoms with van der Waals surface area (Å²) in [6, 6.07) is 84.2. The summed E-state index contributed by atoms with van der Waals surface area (Å²) in [5.74, 6) is 0. The van der Waals surface area contributed by atoms with E-state index in [1.54, 1.807) is 0 Å². The van der Waals surface area contributed by atoms with Crippen LogP contribution in [0.15, 0.2) is 224 Å². The summed E-state index contributed by atoms with van der Waals surface area (Å²) in [5.41, 5.74) is 26.2. The van der Waals surface area contributed by atoms with Gasteiger partial charge >= 0.3 is 0 Å². The molecule has 1 aromatic heterocycles. The first kappa shape index (κ1) is 34.5. The van der Waals surface area contributed by atoms with Gasteiger partial charge in [-0.15, -0.1) is 0 Å². The Bertz CT molecular complexity index is 3740. The molecule has 64 heavy (non-hydrogen) atoms. The smallest absolute Gasteiger partial charge is 0.0788 e. The SMILES string of the molecule is c1ccc2c(c1)-c1ccccc1C21c2ccccc2-c2ccc(-c3ccc(-c4nc5ccccc5c5c6c(ccc45)C4(c5ccccc5-c5ccccc54)c4ccccc4-6)cc3)cc21. The Balaban J connectivity index is 0.921. The first-order chi connectivity index (χ1) is 31.8. The predicted molar refractivity (Wildman–Crippen MR) is 263 cm³/mol. The van der Waals surface area contributed by atoms with Crippen molar-refractivity contribution in [2.75, 3.05) is 0 Å². The molecule has 1 nitrogen and oxygen atoms in total. The quantitative estimate of drug-likeness (QED) is 0.159. The second-order valence-corrected chi connectivity index (χ2v) is 18.0. The second kappa shape index (κ2) is 12.3. The van der Waals surface area contributed by atoms with Crippen LogP contribution in [0.2, 0.25) is 0 Å². The highest BCUT2D eigenvalue weighted by Crippen LogP contribution is 2.65. The number of nitrogens with zero attached hydrogens (tertiary/aromatic N) is 1. The van der Waals surface area contributed by atoms with Crippen LogP contribution in [0.3, 0.4) is 0 Å².